The summed E-state index contributed by atoms with van der Waals surface area (Å²) in [5, 5.41) is 32.0. The summed E-state index contributed by atoms with van der Waals surface area (Å²) in [6, 6.07) is 24.8. The predicted octanol–water partition coefficient (Wildman–Crippen LogP) is 2.46. The molecular formula is C29H31NO8S. The second-order valence-corrected chi connectivity index (χ2v) is 11.2. The van der Waals surface area contributed by atoms with Gasteiger partial charge in [-0.15, -0.1) is 0 Å². The molecule has 1 aliphatic rings. The maximum atomic E-state index is 13.3. The maximum Gasteiger partial charge on any atom is 0.268 e. The summed E-state index contributed by atoms with van der Waals surface area (Å²) < 4.78 is 45.3. The van der Waals surface area contributed by atoms with Crippen LogP contribution in [0.3, 0.4) is 0 Å². The van der Waals surface area contributed by atoms with Gasteiger partial charge in [0.2, 0.25) is 0 Å². The van der Waals surface area contributed by atoms with Crippen molar-refractivity contribution in [2.24, 2.45) is 0 Å². The van der Waals surface area contributed by atoms with Crippen LogP contribution < -0.4 is 0 Å². The van der Waals surface area contributed by atoms with Crippen molar-refractivity contribution in [3.05, 3.63) is 102 Å². The van der Waals surface area contributed by atoms with Crippen molar-refractivity contribution in [3.8, 4) is 0 Å². The number of aliphatic hydroxyl groups is 3. The Balaban J connectivity index is 1.30. The van der Waals surface area contributed by atoms with Crippen molar-refractivity contribution < 1.29 is 37.9 Å². The fourth-order valence-electron chi connectivity index (χ4n) is 4.76. The maximum absolute atomic E-state index is 13.3. The first kappa shape index (κ1) is 27.5. The second-order valence-electron chi connectivity index (χ2n) is 9.37. The number of rotatable bonds is 10. The second kappa shape index (κ2) is 12.0. The highest BCUT2D eigenvalue weighted by Crippen LogP contribution is 2.28. The van der Waals surface area contributed by atoms with Crippen LogP contribution in [0.15, 0.2) is 96.0 Å². The van der Waals surface area contributed by atoms with Gasteiger partial charge in [0.1, 0.15) is 24.4 Å². The van der Waals surface area contributed by atoms with E-state index >= 15 is 0 Å². The van der Waals surface area contributed by atoms with Crippen LogP contribution in [-0.4, -0.2) is 71.6 Å². The Kier molecular flexibility index (Phi) is 8.43. The Morgan fingerprint density at radius 1 is 0.846 bits per heavy atom. The lowest BCUT2D eigenvalue weighted by Gasteiger charge is -2.41. The monoisotopic (exact) mass is 553 g/mol. The number of benzene rings is 3. The quantitative estimate of drug-likeness (QED) is 0.273. The van der Waals surface area contributed by atoms with Crippen molar-refractivity contribution >= 4 is 20.9 Å². The SMILES string of the molecule is O=S(=O)(c1ccccc1)n1cc(CCO[C@H]2O[C@H](CO)[C@@H](O)[C@H](OCc3ccccc3)[C@H]2O)c2ccccc21. The lowest BCUT2D eigenvalue weighted by Crippen LogP contribution is -2.60. The number of hydrogen-bond donors (Lipinski definition) is 3. The fourth-order valence-corrected chi connectivity index (χ4v) is 6.17. The minimum atomic E-state index is -3.81. The van der Waals surface area contributed by atoms with Crippen LogP contribution in [0, 0.1) is 0 Å². The van der Waals surface area contributed by atoms with Crippen LogP contribution in [0.5, 0.6) is 0 Å². The summed E-state index contributed by atoms with van der Waals surface area (Å²) in [7, 11) is -3.81. The normalized spacial score (nSPS) is 23.7. The van der Waals surface area contributed by atoms with Gasteiger partial charge in [0.25, 0.3) is 10.0 Å². The molecule has 1 aromatic heterocycles. The average molecular weight is 554 g/mol. The van der Waals surface area contributed by atoms with Gasteiger partial charge in [-0.3, -0.25) is 0 Å². The smallest absolute Gasteiger partial charge is 0.268 e. The number of para-hydroxylation sites is 1. The van der Waals surface area contributed by atoms with Gasteiger partial charge in [0, 0.05) is 11.6 Å². The van der Waals surface area contributed by atoms with Crippen LogP contribution in [0.1, 0.15) is 11.1 Å². The predicted molar refractivity (Wildman–Crippen MR) is 143 cm³/mol. The zero-order valence-corrected chi connectivity index (χ0v) is 21.9. The van der Waals surface area contributed by atoms with E-state index in [9.17, 15) is 23.7 Å². The molecule has 10 heteroatoms. The molecule has 0 unspecified atom stereocenters. The molecule has 3 N–H and O–H groups in total. The summed E-state index contributed by atoms with van der Waals surface area (Å²) in [6.07, 6.45) is -3.86. The molecule has 0 radical (unpaired) electrons. The first-order valence-corrected chi connectivity index (χ1v) is 14.1. The van der Waals surface area contributed by atoms with Crippen LogP contribution in [0.25, 0.3) is 10.9 Å². The Hall–Kier alpha value is -3.09. The minimum absolute atomic E-state index is 0.0841. The molecule has 0 spiro atoms. The Bertz CT molecular complexity index is 1480. The van der Waals surface area contributed by atoms with Gasteiger partial charge in [-0.2, -0.15) is 0 Å². The molecule has 5 atom stereocenters. The van der Waals surface area contributed by atoms with E-state index in [1.165, 1.54) is 3.97 Å². The van der Waals surface area contributed by atoms with E-state index in [4.69, 9.17) is 14.2 Å². The van der Waals surface area contributed by atoms with E-state index in [2.05, 4.69) is 0 Å². The number of aromatic nitrogens is 1. The molecule has 1 aliphatic heterocycles. The number of hydrogen-bond acceptors (Lipinski definition) is 8. The lowest BCUT2D eigenvalue weighted by atomic mass is 9.99. The zero-order chi connectivity index (χ0) is 27.4. The van der Waals surface area contributed by atoms with Gasteiger partial charge >= 0.3 is 0 Å². The van der Waals surface area contributed by atoms with Gasteiger partial charge in [0.05, 0.1) is 30.2 Å². The molecule has 206 valence electrons. The third-order valence-electron chi connectivity index (χ3n) is 6.82. The average Bonchev–Trinajstić information content (AvgIpc) is 3.34. The van der Waals surface area contributed by atoms with E-state index < -0.39 is 47.3 Å². The van der Waals surface area contributed by atoms with E-state index in [0.29, 0.717) is 11.9 Å². The van der Waals surface area contributed by atoms with E-state index in [1.54, 1.807) is 48.7 Å². The summed E-state index contributed by atoms with van der Waals surface area (Å²) in [6.45, 7) is -0.246. The lowest BCUT2D eigenvalue weighted by molar-refractivity contribution is -0.309. The van der Waals surface area contributed by atoms with E-state index in [1.807, 2.05) is 42.5 Å². The summed E-state index contributed by atoms with van der Waals surface area (Å²) in [5.74, 6) is 0. The summed E-state index contributed by atoms with van der Waals surface area (Å²) >= 11 is 0. The third kappa shape index (κ3) is 5.78. The first-order valence-electron chi connectivity index (χ1n) is 12.7. The van der Waals surface area contributed by atoms with Crippen molar-refractivity contribution in [1.29, 1.82) is 0 Å². The number of nitrogens with zero attached hydrogens (tertiary/aromatic N) is 1. The zero-order valence-electron chi connectivity index (χ0n) is 21.1. The molecule has 0 amide bonds. The number of ether oxygens (including phenoxy) is 3. The van der Waals surface area contributed by atoms with Crippen LogP contribution in [0.4, 0.5) is 0 Å². The van der Waals surface area contributed by atoms with Crippen LogP contribution in [0.2, 0.25) is 0 Å². The fraction of sp³-hybridized carbons (Fsp3) is 0.310. The molecule has 0 aliphatic carbocycles. The van der Waals surface area contributed by atoms with Crippen molar-refractivity contribution in [2.45, 2.75) is 48.6 Å². The van der Waals surface area contributed by atoms with Gasteiger partial charge in [-0.25, -0.2) is 12.4 Å². The molecule has 0 saturated carbocycles. The molecule has 5 rings (SSSR count). The Labute approximate surface area is 226 Å². The minimum Gasteiger partial charge on any atom is -0.394 e. The Morgan fingerprint density at radius 3 is 2.23 bits per heavy atom. The molecule has 9 nitrogen and oxygen atoms in total. The third-order valence-corrected chi connectivity index (χ3v) is 8.51. The largest absolute Gasteiger partial charge is 0.394 e. The van der Waals surface area contributed by atoms with Crippen molar-refractivity contribution in [3.63, 3.8) is 0 Å². The standard InChI is InChI=1S/C29H31NO8S/c31-18-25-26(32)28(37-19-20-9-3-1-4-10-20)27(33)29(38-25)36-16-15-21-17-30(24-14-8-7-13-23(21)24)39(34,35)22-11-5-2-6-12-22/h1-14,17,25-29,31-33H,15-16,18-19H2/t25-,26-,27-,28+,29+/m1/s1. The molecule has 2 heterocycles. The van der Waals surface area contributed by atoms with Gasteiger partial charge in [0.15, 0.2) is 6.29 Å². The molecule has 0 bridgehead atoms. The molecule has 3 aromatic carbocycles. The Morgan fingerprint density at radius 2 is 1.51 bits per heavy atom. The molecule has 1 fully saturated rings. The molecular weight excluding hydrogens is 522 g/mol. The highest BCUT2D eigenvalue weighted by molar-refractivity contribution is 7.90. The van der Waals surface area contributed by atoms with Crippen molar-refractivity contribution in [2.75, 3.05) is 13.2 Å². The molecule has 1 saturated heterocycles. The highest BCUT2D eigenvalue weighted by atomic mass is 32.2. The van der Waals surface area contributed by atoms with Gasteiger partial charge in [-0.05, 0) is 35.7 Å². The molecule has 39 heavy (non-hydrogen) atoms. The van der Waals surface area contributed by atoms with Crippen molar-refractivity contribution in [1.82, 2.24) is 3.97 Å². The van der Waals surface area contributed by atoms with Gasteiger partial charge < -0.3 is 29.5 Å². The van der Waals surface area contributed by atoms with E-state index in [-0.39, 0.29) is 18.1 Å². The van der Waals surface area contributed by atoms with Crippen LogP contribution in [-0.2, 0) is 37.3 Å². The topological polar surface area (TPSA) is 127 Å². The summed E-state index contributed by atoms with van der Waals surface area (Å²) in [5.41, 5.74) is 2.15. The van der Waals surface area contributed by atoms with Gasteiger partial charge in [-0.1, -0.05) is 66.7 Å². The first-order chi connectivity index (χ1) is 18.9. The number of fused-ring (bicyclic) bond motifs is 1. The number of aliphatic hydroxyl groups excluding tert-OH is 3. The molecule has 4 aromatic rings. The highest BCUT2D eigenvalue weighted by Gasteiger charge is 2.45. The van der Waals surface area contributed by atoms with Crippen LogP contribution >= 0.6 is 0 Å². The van der Waals surface area contributed by atoms with E-state index in [0.717, 1.165) is 16.5 Å². The summed E-state index contributed by atoms with van der Waals surface area (Å²) in [4.78, 5) is 0.183.